The molecule has 11 heteroatoms. The maximum absolute atomic E-state index is 12.9. The number of anilines is 3. The molecule has 2 N–H and O–H groups in total. The Balaban J connectivity index is 1.25. The summed E-state index contributed by atoms with van der Waals surface area (Å²) < 4.78 is 12.9. The fraction of sp³-hybridized carbons (Fsp3) is 0.174. The molecule has 1 aromatic heterocycles. The molecule has 3 aromatic rings. The van der Waals surface area contributed by atoms with Gasteiger partial charge in [-0.25, -0.2) is 9.37 Å². The third-order valence-corrected chi connectivity index (χ3v) is 6.60. The van der Waals surface area contributed by atoms with Crippen molar-refractivity contribution in [3.63, 3.8) is 0 Å². The molecule has 0 atom stereocenters. The monoisotopic (exact) mass is 498 g/mol. The van der Waals surface area contributed by atoms with E-state index >= 15 is 0 Å². The molecular formula is C23H19FN4O4S2. The molecule has 0 aliphatic carbocycles. The Morgan fingerprint density at radius 2 is 1.68 bits per heavy atom. The van der Waals surface area contributed by atoms with Crippen molar-refractivity contribution in [2.24, 2.45) is 0 Å². The van der Waals surface area contributed by atoms with E-state index in [0.717, 1.165) is 10.6 Å². The summed E-state index contributed by atoms with van der Waals surface area (Å²) in [6, 6.07) is 11.8. The van der Waals surface area contributed by atoms with Gasteiger partial charge in [-0.05, 0) is 48.5 Å². The van der Waals surface area contributed by atoms with Gasteiger partial charge in [-0.3, -0.25) is 29.4 Å². The first kappa shape index (κ1) is 23.6. The molecule has 1 aliphatic rings. The van der Waals surface area contributed by atoms with Gasteiger partial charge in [0, 0.05) is 35.2 Å². The second-order valence-electron chi connectivity index (χ2n) is 7.32. The third-order valence-electron chi connectivity index (χ3n) is 4.82. The van der Waals surface area contributed by atoms with Gasteiger partial charge in [0.1, 0.15) is 5.82 Å². The molecule has 1 aliphatic heterocycles. The summed E-state index contributed by atoms with van der Waals surface area (Å²) in [6.45, 7) is 0. The van der Waals surface area contributed by atoms with E-state index in [1.54, 1.807) is 29.6 Å². The molecule has 1 saturated heterocycles. The van der Waals surface area contributed by atoms with Crippen molar-refractivity contribution in [3.05, 3.63) is 71.0 Å². The van der Waals surface area contributed by atoms with Gasteiger partial charge in [-0.1, -0.05) is 0 Å². The fourth-order valence-corrected chi connectivity index (χ4v) is 4.73. The molecule has 0 unspecified atom stereocenters. The smallest absolute Gasteiger partial charge is 0.257 e. The van der Waals surface area contributed by atoms with Crippen LogP contribution in [0.15, 0.2) is 53.9 Å². The highest BCUT2D eigenvalue weighted by atomic mass is 32.2. The first-order valence-corrected chi connectivity index (χ1v) is 12.3. The van der Waals surface area contributed by atoms with Gasteiger partial charge in [-0.2, -0.15) is 0 Å². The van der Waals surface area contributed by atoms with Gasteiger partial charge in [-0.15, -0.1) is 23.1 Å². The molecule has 0 bridgehead atoms. The van der Waals surface area contributed by atoms with Crippen LogP contribution in [0.1, 0.15) is 28.9 Å². The number of aromatic nitrogens is 1. The number of thiazole rings is 1. The minimum Gasteiger partial charge on any atom is -0.325 e. The van der Waals surface area contributed by atoms with Crippen LogP contribution in [-0.4, -0.2) is 34.4 Å². The van der Waals surface area contributed by atoms with Crippen LogP contribution in [0.25, 0.3) is 0 Å². The number of hydrogen-bond acceptors (Lipinski definition) is 7. The predicted octanol–water partition coefficient (Wildman–Crippen LogP) is 4.06. The van der Waals surface area contributed by atoms with Crippen molar-refractivity contribution in [2.45, 2.75) is 18.6 Å². The SMILES string of the molecule is O=C(CSCc1csc(NC(=O)c2ccc(N3C(=O)CCC3=O)cc2)n1)Nc1ccc(F)cc1. The first-order chi connectivity index (χ1) is 16.4. The summed E-state index contributed by atoms with van der Waals surface area (Å²) in [5, 5.41) is 7.63. The van der Waals surface area contributed by atoms with Crippen molar-refractivity contribution in [3.8, 4) is 0 Å². The molecule has 0 radical (unpaired) electrons. The van der Waals surface area contributed by atoms with Gasteiger partial charge >= 0.3 is 0 Å². The summed E-state index contributed by atoms with van der Waals surface area (Å²) in [6.07, 6.45) is 0.398. The number of halogens is 1. The lowest BCUT2D eigenvalue weighted by Gasteiger charge is -2.13. The Morgan fingerprint density at radius 3 is 2.35 bits per heavy atom. The predicted molar refractivity (Wildman–Crippen MR) is 129 cm³/mol. The van der Waals surface area contributed by atoms with Crippen LogP contribution in [0.3, 0.4) is 0 Å². The normalized spacial score (nSPS) is 13.3. The van der Waals surface area contributed by atoms with Crippen LogP contribution in [0.4, 0.5) is 20.9 Å². The second kappa shape index (κ2) is 10.6. The van der Waals surface area contributed by atoms with E-state index in [9.17, 15) is 23.6 Å². The fourth-order valence-electron chi connectivity index (χ4n) is 3.20. The molecule has 4 rings (SSSR count). The molecular weight excluding hydrogens is 479 g/mol. The lowest BCUT2D eigenvalue weighted by molar-refractivity contribution is -0.121. The van der Waals surface area contributed by atoms with Crippen LogP contribution < -0.4 is 15.5 Å². The summed E-state index contributed by atoms with van der Waals surface area (Å²) in [4.78, 5) is 53.7. The number of nitrogens with one attached hydrogen (secondary N) is 2. The van der Waals surface area contributed by atoms with Crippen molar-refractivity contribution < 1.29 is 23.6 Å². The summed E-state index contributed by atoms with van der Waals surface area (Å²) >= 11 is 2.63. The zero-order chi connectivity index (χ0) is 24.1. The van der Waals surface area contributed by atoms with E-state index in [2.05, 4.69) is 15.6 Å². The van der Waals surface area contributed by atoms with Crippen LogP contribution in [0, 0.1) is 5.82 Å². The lowest BCUT2D eigenvalue weighted by Crippen LogP contribution is -2.28. The number of amides is 4. The van der Waals surface area contributed by atoms with Crippen molar-refractivity contribution in [2.75, 3.05) is 21.3 Å². The Bertz CT molecular complexity index is 1210. The van der Waals surface area contributed by atoms with Gasteiger partial charge in [0.25, 0.3) is 5.91 Å². The summed E-state index contributed by atoms with van der Waals surface area (Å²) in [5.74, 6) is -0.752. The quantitative estimate of drug-likeness (QED) is 0.454. The lowest BCUT2D eigenvalue weighted by atomic mass is 10.2. The van der Waals surface area contributed by atoms with E-state index in [-0.39, 0.29) is 48.0 Å². The number of benzene rings is 2. The van der Waals surface area contributed by atoms with Gasteiger partial charge in [0.15, 0.2) is 5.13 Å². The van der Waals surface area contributed by atoms with Crippen LogP contribution in [0.5, 0.6) is 0 Å². The van der Waals surface area contributed by atoms with Crippen molar-refractivity contribution >= 4 is 63.2 Å². The zero-order valence-corrected chi connectivity index (χ0v) is 19.4. The molecule has 0 saturated carbocycles. The molecule has 2 heterocycles. The van der Waals surface area contributed by atoms with Crippen LogP contribution >= 0.6 is 23.1 Å². The molecule has 174 valence electrons. The molecule has 34 heavy (non-hydrogen) atoms. The molecule has 1 fully saturated rings. The molecule has 4 amide bonds. The minimum absolute atomic E-state index is 0.199. The Labute approximate surface area is 202 Å². The van der Waals surface area contributed by atoms with Crippen molar-refractivity contribution in [1.29, 1.82) is 0 Å². The summed E-state index contributed by atoms with van der Waals surface area (Å²) in [5.41, 5.74) is 2.06. The van der Waals surface area contributed by atoms with E-state index in [1.165, 1.54) is 47.4 Å². The second-order valence-corrected chi connectivity index (χ2v) is 9.16. The Morgan fingerprint density at radius 1 is 1.00 bits per heavy atom. The number of carbonyl (C=O) groups excluding carboxylic acids is 4. The maximum atomic E-state index is 12.9. The van der Waals surface area contributed by atoms with E-state index in [4.69, 9.17) is 0 Å². The maximum Gasteiger partial charge on any atom is 0.257 e. The number of rotatable bonds is 8. The number of imide groups is 1. The van der Waals surface area contributed by atoms with E-state index in [0.29, 0.717) is 27.8 Å². The topological polar surface area (TPSA) is 108 Å². The number of hydrogen-bond donors (Lipinski definition) is 2. The standard InChI is InChI=1S/C23H19FN4O4S2/c24-15-3-5-16(6-4-15)25-19(29)13-33-11-17-12-34-23(26-17)27-22(32)14-1-7-18(8-2-14)28-20(30)9-10-21(28)31/h1-8,12H,9-11,13H2,(H,25,29)(H,26,27,32). The average molecular weight is 499 g/mol. The first-order valence-electron chi connectivity index (χ1n) is 10.2. The van der Waals surface area contributed by atoms with Crippen molar-refractivity contribution in [1.82, 2.24) is 4.98 Å². The average Bonchev–Trinajstić information content (AvgIpc) is 3.40. The highest BCUT2D eigenvalue weighted by Gasteiger charge is 2.30. The minimum atomic E-state index is -0.370. The molecule has 2 aromatic carbocycles. The third kappa shape index (κ3) is 5.86. The zero-order valence-electron chi connectivity index (χ0n) is 17.7. The number of carbonyl (C=O) groups is 4. The van der Waals surface area contributed by atoms with E-state index in [1.807, 2.05) is 0 Å². The Kier molecular flexibility index (Phi) is 7.33. The van der Waals surface area contributed by atoms with Gasteiger partial charge in [0.2, 0.25) is 17.7 Å². The van der Waals surface area contributed by atoms with Gasteiger partial charge < -0.3 is 5.32 Å². The largest absolute Gasteiger partial charge is 0.325 e. The molecule has 0 spiro atoms. The summed E-state index contributed by atoms with van der Waals surface area (Å²) in [7, 11) is 0. The number of thioether (sulfide) groups is 1. The highest BCUT2D eigenvalue weighted by molar-refractivity contribution is 7.99. The Hall–Kier alpha value is -3.57. The van der Waals surface area contributed by atoms with Crippen LogP contribution in [0.2, 0.25) is 0 Å². The highest BCUT2D eigenvalue weighted by Crippen LogP contribution is 2.24. The van der Waals surface area contributed by atoms with Crippen LogP contribution in [-0.2, 0) is 20.1 Å². The van der Waals surface area contributed by atoms with Gasteiger partial charge in [0.05, 0.1) is 17.1 Å². The molecule has 8 nitrogen and oxygen atoms in total. The number of nitrogens with zero attached hydrogens (tertiary/aromatic N) is 2. The van der Waals surface area contributed by atoms with E-state index < -0.39 is 0 Å².